The lowest BCUT2D eigenvalue weighted by Gasteiger charge is -2.13. The van der Waals surface area contributed by atoms with Crippen molar-refractivity contribution in [2.45, 2.75) is 32.6 Å². The van der Waals surface area contributed by atoms with Crippen molar-refractivity contribution in [1.29, 1.82) is 0 Å². The van der Waals surface area contributed by atoms with Crippen molar-refractivity contribution >= 4 is 33.1 Å². The van der Waals surface area contributed by atoms with Crippen molar-refractivity contribution in [2.75, 3.05) is 5.32 Å². The van der Waals surface area contributed by atoms with Crippen molar-refractivity contribution in [3.63, 3.8) is 0 Å². The summed E-state index contributed by atoms with van der Waals surface area (Å²) in [7, 11) is 0. The molecule has 4 aromatic rings. The van der Waals surface area contributed by atoms with Gasteiger partial charge < -0.3 is 17.7 Å². The average molecular weight is 434 g/mol. The van der Waals surface area contributed by atoms with Gasteiger partial charge in [-0.3, -0.25) is 4.79 Å². The summed E-state index contributed by atoms with van der Waals surface area (Å²) in [6, 6.07) is 20.8. The van der Waals surface area contributed by atoms with Gasteiger partial charge in [0.05, 0.1) is 5.69 Å². The molecule has 0 aliphatic heterocycles. The number of nitrogens with zero attached hydrogens (tertiary/aromatic N) is 1. The molecule has 0 saturated carbocycles. The number of nitrogens with one attached hydrogen (secondary N) is 1. The number of rotatable bonds is 3. The Bertz CT molecular complexity index is 1220. The molecule has 30 heavy (non-hydrogen) atoms. The molecule has 0 atom stereocenters. The summed E-state index contributed by atoms with van der Waals surface area (Å²) in [4.78, 5) is 19.1. The Labute approximate surface area is 186 Å². The van der Waals surface area contributed by atoms with Crippen LogP contribution in [0.1, 0.15) is 30.2 Å². The molecule has 1 aliphatic rings. The molecular formula is C25H22ClN2OS-. The van der Waals surface area contributed by atoms with Crippen LogP contribution in [0.3, 0.4) is 0 Å². The third kappa shape index (κ3) is 3.85. The van der Waals surface area contributed by atoms with Crippen LogP contribution in [0.15, 0.2) is 60.7 Å². The maximum atomic E-state index is 11.5. The van der Waals surface area contributed by atoms with E-state index in [-0.39, 0.29) is 18.3 Å². The molecular weight excluding hydrogens is 412 g/mol. The van der Waals surface area contributed by atoms with Gasteiger partial charge in [0.1, 0.15) is 4.83 Å². The first kappa shape index (κ1) is 20.6. The van der Waals surface area contributed by atoms with Crippen LogP contribution in [-0.2, 0) is 17.6 Å². The molecule has 2 aromatic heterocycles. The Hall–Kier alpha value is -2.69. The van der Waals surface area contributed by atoms with Crippen LogP contribution < -0.4 is 17.7 Å². The molecule has 1 amide bonds. The standard InChI is InChI=1S/C25H22N2OS.ClH/c1-16(28)26-19-11-7-10-18(14-19)22-15-21(17-8-3-2-4-9-17)24-20-12-5-6-13-23(20)29-25(24)27-22;/h2-4,7-11,14-15H,5-6,12-13H2,1H3,(H,26,28);1H/p-1. The van der Waals surface area contributed by atoms with Gasteiger partial charge in [-0.05, 0) is 60.6 Å². The SMILES string of the molecule is CC(=O)Nc1cccc(-c2cc(-c3ccccc3)c3c4c(sc3n2)CCCC4)c1.[Cl-]. The predicted molar refractivity (Wildman–Crippen MR) is 121 cm³/mol. The number of carbonyl (C=O) groups is 1. The number of hydrogen-bond donors (Lipinski definition) is 1. The third-order valence-corrected chi connectivity index (χ3v) is 6.67. The number of aromatic nitrogens is 1. The second-order valence-corrected chi connectivity index (χ2v) is 8.66. The number of pyridine rings is 1. The normalized spacial score (nSPS) is 12.8. The largest absolute Gasteiger partial charge is 1.00 e. The molecule has 0 bridgehead atoms. The molecule has 0 unspecified atom stereocenters. The van der Waals surface area contributed by atoms with E-state index in [9.17, 15) is 4.79 Å². The number of fused-ring (bicyclic) bond motifs is 3. The van der Waals surface area contributed by atoms with E-state index in [1.54, 1.807) is 0 Å². The van der Waals surface area contributed by atoms with E-state index in [0.29, 0.717) is 0 Å². The first-order valence-electron chi connectivity index (χ1n) is 10.1. The molecule has 2 heterocycles. The van der Waals surface area contributed by atoms with Crippen LogP contribution in [-0.4, -0.2) is 10.9 Å². The molecule has 0 fully saturated rings. The average Bonchev–Trinajstić information content (AvgIpc) is 3.12. The van der Waals surface area contributed by atoms with Gasteiger partial charge in [0.2, 0.25) is 5.91 Å². The fourth-order valence-electron chi connectivity index (χ4n) is 4.21. The lowest BCUT2D eigenvalue weighted by Crippen LogP contribution is -3.00. The van der Waals surface area contributed by atoms with Crippen LogP contribution in [0.4, 0.5) is 5.69 Å². The monoisotopic (exact) mass is 433 g/mol. The fourth-order valence-corrected chi connectivity index (χ4v) is 5.50. The highest BCUT2D eigenvalue weighted by molar-refractivity contribution is 7.19. The van der Waals surface area contributed by atoms with E-state index in [1.165, 1.54) is 46.7 Å². The third-order valence-electron chi connectivity index (χ3n) is 5.49. The highest BCUT2D eigenvalue weighted by Crippen LogP contribution is 2.42. The topological polar surface area (TPSA) is 42.0 Å². The van der Waals surface area contributed by atoms with Gasteiger partial charge in [0.25, 0.3) is 0 Å². The van der Waals surface area contributed by atoms with Gasteiger partial charge >= 0.3 is 0 Å². The van der Waals surface area contributed by atoms with Crippen LogP contribution >= 0.6 is 11.3 Å². The van der Waals surface area contributed by atoms with Gasteiger partial charge in [0, 0.05) is 28.4 Å². The zero-order valence-electron chi connectivity index (χ0n) is 16.7. The van der Waals surface area contributed by atoms with Gasteiger partial charge in [-0.15, -0.1) is 11.3 Å². The summed E-state index contributed by atoms with van der Waals surface area (Å²) >= 11 is 1.85. The number of carbonyl (C=O) groups excluding carboxylic acids is 1. The molecule has 2 aromatic carbocycles. The Balaban J connectivity index is 0.00000218. The van der Waals surface area contributed by atoms with E-state index < -0.39 is 0 Å². The van der Waals surface area contributed by atoms with E-state index in [2.05, 4.69) is 47.8 Å². The summed E-state index contributed by atoms with van der Waals surface area (Å²) < 4.78 is 0. The smallest absolute Gasteiger partial charge is 0.221 e. The van der Waals surface area contributed by atoms with Gasteiger partial charge in [-0.25, -0.2) is 4.98 Å². The first-order chi connectivity index (χ1) is 14.2. The van der Waals surface area contributed by atoms with Crippen LogP contribution in [0.5, 0.6) is 0 Å². The fraction of sp³-hybridized carbons (Fsp3) is 0.200. The molecule has 152 valence electrons. The number of aryl methyl sites for hydroxylation is 2. The Morgan fingerprint density at radius 3 is 2.53 bits per heavy atom. The molecule has 3 nitrogen and oxygen atoms in total. The van der Waals surface area contributed by atoms with Crippen molar-refractivity contribution in [2.24, 2.45) is 0 Å². The van der Waals surface area contributed by atoms with Gasteiger partial charge in [-0.2, -0.15) is 0 Å². The van der Waals surface area contributed by atoms with Crippen molar-refractivity contribution in [1.82, 2.24) is 4.98 Å². The zero-order chi connectivity index (χ0) is 19.8. The molecule has 0 radical (unpaired) electrons. The molecule has 5 rings (SSSR count). The van der Waals surface area contributed by atoms with Crippen LogP contribution in [0, 0.1) is 0 Å². The number of hydrogen-bond acceptors (Lipinski definition) is 3. The summed E-state index contributed by atoms with van der Waals surface area (Å²) in [6.45, 7) is 1.53. The lowest BCUT2D eigenvalue weighted by atomic mass is 9.92. The summed E-state index contributed by atoms with van der Waals surface area (Å²) in [5, 5.41) is 4.21. The van der Waals surface area contributed by atoms with Gasteiger partial charge in [0.15, 0.2) is 0 Å². The Morgan fingerprint density at radius 2 is 1.73 bits per heavy atom. The van der Waals surface area contributed by atoms with E-state index in [4.69, 9.17) is 4.98 Å². The van der Waals surface area contributed by atoms with Gasteiger partial charge in [-0.1, -0.05) is 42.5 Å². The Morgan fingerprint density at radius 1 is 0.967 bits per heavy atom. The molecule has 5 heteroatoms. The number of thiophene rings is 1. The van der Waals surface area contributed by atoms with Crippen molar-refractivity contribution < 1.29 is 17.2 Å². The summed E-state index contributed by atoms with van der Waals surface area (Å²) in [5.41, 5.74) is 6.74. The molecule has 1 N–H and O–H groups in total. The minimum Gasteiger partial charge on any atom is -1.00 e. The van der Waals surface area contributed by atoms with Crippen LogP contribution in [0.25, 0.3) is 32.6 Å². The minimum atomic E-state index is -0.0681. The highest BCUT2D eigenvalue weighted by Gasteiger charge is 2.21. The number of amides is 1. The number of anilines is 1. The number of halogens is 1. The number of benzene rings is 2. The van der Waals surface area contributed by atoms with Crippen LogP contribution in [0.2, 0.25) is 0 Å². The summed E-state index contributed by atoms with van der Waals surface area (Å²) in [6.07, 6.45) is 4.84. The van der Waals surface area contributed by atoms with E-state index >= 15 is 0 Å². The maximum Gasteiger partial charge on any atom is 0.221 e. The zero-order valence-corrected chi connectivity index (χ0v) is 18.3. The lowest BCUT2D eigenvalue weighted by molar-refractivity contribution is -0.114. The minimum absolute atomic E-state index is 0. The predicted octanol–water partition coefficient (Wildman–Crippen LogP) is 3.47. The second-order valence-electron chi connectivity index (χ2n) is 7.57. The maximum absolute atomic E-state index is 11.5. The van der Waals surface area contributed by atoms with E-state index in [0.717, 1.165) is 34.6 Å². The highest BCUT2D eigenvalue weighted by atomic mass is 35.5. The molecule has 0 saturated heterocycles. The quantitative estimate of drug-likeness (QED) is 0.537. The van der Waals surface area contributed by atoms with Crippen molar-refractivity contribution in [3.05, 3.63) is 71.1 Å². The summed E-state index contributed by atoms with van der Waals surface area (Å²) in [5.74, 6) is -0.0681. The first-order valence-corrected chi connectivity index (χ1v) is 10.9. The van der Waals surface area contributed by atoms with Crippen molar-refractivity contribution in [3.8, 4) is 22.4 Å². The van der Waals surface area contributed by atoms with E-state index in [1.807, 2.05) is 29.5 Å². The molecule has 0 spiro atoms. The Kier molecular flexibility index (Phi) is 5.89. The molecule has 1 aliphatic carbocycles. The second kappa shape index (κ2) is 8.58.